The first kappa shape index (κ1) is 12.4. The van der Waals surface area contributed by atoms with Gasteiger partial charge < -0.3 is 5.11 Å². The molecule has 2 rings (SSSR count). The number of carboxylic acids is 1. The van der Waals surface area contributed by atoms with Crippen LogP contribution in [0, 0.1) is 6.92 Å². The van der Waals surface area contributed by atoms with E-state index in [0.717, 1.165) is 37.1 Å². The molecule has 3 nitrogen and oxygen atoms in total. The lowest BCUT2D eigenvalue weighted by Crippen LogP contribution is -2.31. The zero-order chi connectivity index (χ0) is 12.4. The number of nitrogens with zero attached hydrogens (tertiary/aromatic N) is 1. The third kappa shape index (κ3) is 2.61. The van der Waals surface area contributed by atoms with Gasteiger partial charge >= 0.3 is 5.97 Å². The van der Waals surface area contributed by atoms with Gasteiger partial charge in [0.05, 0.1) is 0 Å². The van der Waals surface area contributed by atoms with E-state index in [-0.39, 0.29) is 0 Å². The van der Waals surface area contributed by atoms with Crippen molar-refractivity contribution in [1.29, 1.82) is 0 Å². The Morgan fingerprint density at radius 3 is 2.59 bits per heavy atom. The summed E-state index contributed by atoms with van der Waals surface area (Å²) >= 11 is 6.06. The van der Waals surface area contributed by atoms with Gasteiger partial charge in [0, 0.05) is 5.02 Å². The van der Waals surface area contributed by atoms with E-state index in [1.165, 1.54) is 0 Å². The first-order valence-corrected chi connectivity index (χ1v) is 6.20. The minimum atomic E-state index is -0.799. The fraction of sp³-hybridized carbons (Fsp3) is 0.462. The summed E-state index contributed by atoms with van der Waals surface area (Å²) in [6.07, 6.45) is 2.15. The highest BCUT2D eigenvalue weighted by Crippen LogP contribution is 2.28. The second-order valence-corrected chi connectivity index (χ2v) is 4.90. The van der Waals surface area contributed by atoms with Crippen molar-refractivity contribution in [2.75, 3.05) is 13.1 Å². The van der Waals surface area contributed by atoms with Crippen LogP contribution in [0.25, 0.3) is 0 Å². The highest BCUT2D eigenvalue weighted by molar-refractivity contribution is 6.31. The molecule has 92 valence electrons. The Bertz CT molecular complexity index is 427. The topological polar surface area (TPSA) is 40.5 Å². The molecule has 1 atom stereocenters. The molecule has 1 heterocycles. The average Bonchev–Trinajstić information content (AvgIpc) is 2.76. The van der Waals surface area contributed by atoms with Gasteiger partial charge in [-0.3, -0.25) is 9.69 Å². The predicted octanol–water partition coefficient (Wildman–Crippen LogP) is 2.87. The predicted molar refractivity (Wildman–Crippen MR) is 67.4 cm³/mol. The highest BCUT2D eigenvalue weighted by Gasteiger charge is 2.29. The van der Waals surface area contributed by atoms with Crippen molar-refractivity contribution in [1.82, 2.24) is 4.90 Å². The maximum atomic E-state index is 11.4. The van der Waals surface area contributed by atoms with Gasteiger partial charge in [0.1, 0.15) is 6.04 Å². The normalized spacial score (nSPS) is 18.2. The Morgan fingerprint density at radius 1 is 1.41 bits per heavy atom. The van der Waals surface area contributed by atoms with Crippen molar-refractivity contribution >= 4 is 17.6 Å². The number of hydrogen-bond donors (Lipinski definition) is 1. The summed E-state index contributed by atoms with van der Waals surface area (Å²) in [7, 11) is 0. The summed E-state index contributed by atoms with van der Waals surface area (Å²) in [6, 6.07) is 4.95. The Morgan fingerprint density at radius 2 is 2.06 bits per heavy atom. The van der Waals surface area contributed by atoms with E-state index in [4.69, 9.17) is 11.6 Å². The van der Waals surface area contributed by atoms with Crippen LogP contribution in [-0.2, 0) is 4.79 Å². The molecule has 1 fully saturated rings. The Balaban J connectivity index is 2.31. The number of hydrogen-bond acceptors (Lipinski definition) is 2. The second-order valence-electron chi connectivity index (χ2n) is 4.49. The number of aliphatic carboxylic acids is 1. The number of carboxylic acid groups (broad SMARTS) is 1. The summed E-state index contributed by atoms with van der Waals surface area (Å²) in [5, 5.41) is 9.99. The smallest absolute Gasteiger partial charge is 0.325 e. The van der Waals surface area contributed by atoms with Crippen LogP contribution >= 0.6 is 11.6 Å². The summed E-state index contributed by atoms with van der Waals surface area (Å²) in [4.78, 5) is 13.4. The molecule has 4 heteroatoms. The fourth-order valence-electron chi connectivity index (χ4n) is 2.29. The van der Waals surface area contributed by atoms with Gasteiger partial charge in [-0.05, 0) is 50.0 Å². The van der Waals surface area contributed by atoms with Crippen molar-refractivity contribution in [2.45, 2.75) is 25.8 Å². The maximum absolute atomic E-state index is 11.4. The maximum Gasteiger partial charge on any atom is 0.325 e. The molecule has 1 saturated heterocycles. The molecule has 0 saturated carbocycles. The van der Waals surface area contributed by atoms with E-state index in [1.54, 1.807) is 6.07 Å². The molecular weight excluding hydrogens is 238 g/mol. The quantitative estimate of drug-likeness (QED) is 0.901. The van der Waals surface area contributed by atoms with E-state index in [9.17, 15) is 9.90 Å². The van der Waals surface area contributed by atoms with Crippen LogP contribution in [0.5, 0.6) is 0 Å². The van der Waals surface area contributed by atoms with E-state index in [2.05, 4.69) is 0 Å². The van der Waals surface area contributed by atoms with Gasteiger partial charge in [-0.1, -0.05) is 23.7 Å². The molecule has 17 heavy (non-hydrogen) atoms. The molecule has 0 aromatic heterocycles. The molecule has 1 aliphatic rings. The Hall–Kier alpha value is -1.06. The van der Waals surface area contributed by atoms with Crippen LogP contribution in [-0.4, -0.2) is 29.1 Å². The molecule has 0 aliphatic carbocycles. The molecule has 1 unspecified atom stereocenters. The summed E-state index contributed by atoms with van der Waals surface area (Å²) < 4.78 is 0. The van der Waals surface area contributed by atoms with E-state index in [0.29, 0.717) is 5.02 Å². The molecule has 1 N–H and O–H groups in total. The van der Waals surface area contributed by atoms with Crippen LogP contribution in [0.1, 0.15) is 30.0 Å². The minimum absolute atomic E-state index is 0.560. The van der Waals surface area contributed by atoms with E-state index in [1.807, 2.05) is 24.0 Å². The van der Waals surface area contributed by atoms with Crippen molar-refractivity contribution < 1.29 is 9.90 Å². The molecule has 0 bridgehead atoms. The molecule has 1 aromatic rings. The Labute approximate surface area is 106 Å². The van der Waals surface area contributed by atoms with Gasteiger partial charge in [0.15, 0.2) is 0 Å². The zero-order valence-corrected chi connectivity index (χ0v) is 10.6. The van der Waals surface area contributed by atoms with Crippen molar-refractivity contribution in [2.24, 2.45) is 0 Å². The van der Waals surface area contributed by atoms with Gasteiger partial charge in [-0.25, -0.2) is 0 Å². The van der Waals surface area contributed by atoms with Crippen LogP contribution in [0.2, 0.25) is 5.02 Å². The first-order valence-electron chi connectivity index (χ1n) is 5.82. The Kier molecular flexibility index (Phi) is 3.69. The molecule has 0 amide bonds. The van der Waals surface area contributed by atoms with Gasteiger partial charge in [-0.2, -0.15) is 0 Å². The van der Waals surface area contributed by atoms with Gasteiger partial charge in [-0.15, -0.1) is 0 Å². The molecule has 0 radical (unpaired) electrons. The lowest BCUT2D eigenvalue weighted by Gasteiger charge is -2.24. The first-order chi connectivity index (χ1) is 8.09. The zero-order valence-electron chi connectivity index (χ0n) is 9.82. The van der Waals surface area contributed by atoms with Crippen LogP contribution in [0.3, 0.4) is 0 Å². The lowest BCUT2D eigenvalue weighted by atomic mass is 10.0. The number of carbonyl (C=O) groups is 1. The highest BCUT2D eigenvalue weighted by atomic mass is 35.5. The van der Waals surface area contributed by atoms with Crippen molar-refractivity contribution in [3.8, 4) is 0 Å². The summed E-state index contributed by atoms with van der Waals surface area (Å²) in [5.74, 6) is -0.799. The summed E-state index contributed by atoms with van der Waals surface area (Å²) in [6.45, 7) is 3.61. The number of aryl methyl sites for hydroxylation is 1. The molecular formula is C13H16ClNO2. The lowest BCUT2D eigenvalue weighted by molar-refractivity contribution is -0.143. The van der Waals surface area contributed by atoms with Gasteiger partial charge in [0.25, 0.3) is 0 Å². The number of likely N-dealkylation sites (tertiary alicyclic amines) is 1. The second kappa shape index (κ2) is 5.07. The van der Waals surface area contributed by atoms with E-state index >= 15 is 0 Å². The SMILES string of the molecule is Cc1ccc(C(C(=O)O)N2CCCC2)cc1Cl. The van der Waals surface area contributed by atoms with Crippen molar-refractivity contribution in [3.63, 3.8) is 0 Å². The van der Waals surface area contributed by atoms with Gasteiger partial charge in [0.2, 0.25) is 0 Å². The number of rotatable bonds is 3. The van der Waals surface area contributed by atoms with E-state index < -0.39 is 12.0 Å². The third-order valence-corrected chi connectivity index (χ3v) is 3.66. The van der Waals surface area contributed by atoms with Crippen LogP contribution < -0.4 is 0 Å². The van der Waals surface area contributed by atoms with Crippen molar-refractivity contribution in [3.05, 3.63) is 34.3 Å². The molecule has 1 aromatic carbocycles. The fourth-order valence-corrected chi connectivity index (χ4v) is 2.48. The number of halogens is 1. The standard InChI is InChI=1S/C13H16ClNO2/c1-9-4-5-10(8-11(9)14)12(13(16)17)15-6-2-3-7-15/h4-5,8,12H,2-3,6-7H2,1H3,(H,16,17). The summed E-state index contributed by atoms with van der Waals surface area (Å²) in [5.41, 5.74) is 1.75. The minimum Gasteiger partial charge on any atom is -0.480 e. The largest absolute Gasteiger partial charge is 0.480 e. The molecule has 1 aliphatic heterocycles. The monoisotopic (exact) mass is 253 g/mol. The average molecular weight is 254 g/mol. The van der Waals surface area contributed by atoms with Crippen LogP contribution in [0.4, 0.5) is 0 Å². The number of benzene rings is 1. The third-order valence-electron chi connectivity index (χ3n) is 3.25. The van der Waals surface area contributed by atoms with Crippen LogP contribution in [0.15, 0.2) is 18.2 Å². The molecule has 0 spiro atoms.